The fourth-order valence-corrected chi connectivity index (χ4v) is 4.46. The van der Waals surface area contributed by atoms with Gasteiger partial charge < -0.3 is 4.74 Å². The van der Waals surface area contributed by atoms with Crippen LogP contribution in [0.15, 0.2) is 71.6 Å². The lowest BCUT2D eigenvalue weighted by molar-refractivity contribution is -0.185. The summed E-state index contributed by atoms with van der Waals surface area (Å²) in [6.07, 6.45) is 1.67. The molecule has 0 spiro atoms. The molecule has 1 nitrogen and oxygen atoms in total. The molecule has 0 N–H and O–H groups in total. The van der Waals surface area contributed by atoms with Crippen LogP contribution in [0.25, 0.3) is 11.1 Å². The van der Waals surface area contributed by atoms with Crippen molar-refractivity contribution in [2.75, 3.05) is 0 Å². The summed E-state index contributed by atoms with van der Waals surface area (Å²) in [5.41, 5.74) is 4.06. The number of aryl methyl sites for hydroxylation is 1. The standard InChI is InChI=1S/C27H28F2OS/c1-18-3-6-20(7-4-18)21-8-10-22(11-9-21)23-12-14-24(15-13-23)27(28,29)30-25-16-5-19(2)26(31)17-25/h5,8-18,20,31H,3-4,6-7H2,1-2H3. The molecule has 3 aromatic rings. The van der Waals surface area contributed by atoms with E-state index in [0.717, 1.165) is 22.6 Å². The molecule has 31 heavy (non-hydrogen) atoms. The van der Waals surface area contributed by atoms with Crippen molar-refractivity contribution in [3.05, 3.63) is 83.4 Å². The number of benzene rings is 3. The van der Waals surface area contributed by atoms with Crippen molar-refractivity contribution in [3.8, 4) is 16.9 Å². The smallest absolute Gasteiger partial charge is 0.426 e. The van der Waals surface area contributed by atoms with E-state index in [1.807, 2.05) is 6.92 Å². The molecule has 0 aromatic heterocycles. The van der Waals surface area contributed by atoms with Gasteiger partial charge in [0.25, 0.3) is 0 Å². The van der Waals surface area contributed by atoms with E-state index in [1.165, 1.54) is 55.5 Å². The first-order chi connectivity index (χ1) is 14.8. The number of alkyl halides is 2. The average Bonchev–Trinajstić information content (AvgIpc) is 2.77. The van der Waals surface area contributed by atoms with Gasteiger partial charge >= 0.3 is 6.11 Å². The highest BCUT2D eigenvalue weighted by atomic mass is 32.1. The van der Waals surface area contributed by atoms with Gasteiger partial charge in [0.05, 0.1) is 5.56 Å². The highest BCUT2D eigenvalue weighted by molar-refractivity contribution is 7.80. The van der Waals surface area contributed by atoms with Crippen LogP contribution in [0.2, 0.25) is 0 Å². The summed E-state index contributed by atoms with van der Waals surface area (Å²) in [7, 11) is 0. The molecular formula is C27H28F2OS. The molecule has 1 aliphatic carbocycles. The zero-order valence-corrected chi connectivity index (χ0v) is 18.8. The Bertz CT molecular complexity index is 1020. The van der Waals surface area contributed by atoms with E-state index in [4.69, 9.17) is 4.74 Å². The van der Waals surface area contributed by atoms with Crippen LogP contribution in [0.3, 0.4) is 0 Å². The number of rotatable bonds is 5. The topological polar surface area (TPSA) is 9.23 Å². The monoisotopic (exact) mass is 438 g/mol. The van der Waals surface area contributed by atoms with Crippen LogP contribution in [-0.4, -0.2) is 0 Å². The Morgan fingerprint density at radius 1 is 0.839 bits per heavy atom. The number of hydrogen-bond donors (Lipinski definition) is 1. The number of ether oxygens (including phenoxy) is 1. The molecule has 0 heterocycles. The second kappa shape index (κ2) is 9.04. The lowest BCUT2D eigenvalue weighted by atomic mass is 9.79. The van der Waals surface area contributed by atoms with Gasteiger partial charge in [0.1, 0.15) is 5.75 Å². The van der Waals surface area contributed by atoms with Gasteiger partial charge in [0, 0.05) is 4.90 Å². The van der Waals surface area contributed by atoms with E-state index in [0.29, 0.717) is 10.8 Å². The maximum absolute atomic E-state index is 14.6. The van der Waals surface area contributed by atoms with Crippen molar-refractivity contribution < 1.29 is 13.5 Å². The van der Waals surface area contributed by atoms with Gasteiger partial charge in [-0.25, -0.2) is 0 Å². The molecule has 0 saturated heterocycles. The highest BCUT2D eigenvalue weighted by Crippen LogP contribution is 2.37. The summed E-state index contributed by atoms with van der Waals surface area (Å²) >= 11 is 4.28. The normalized spacial score (nSPS) is 19.3. The molecule has 0 amide bonds. The average molecular weight is 439 g/mol. The minimum Gasteiger partial charge on any atom is -0.429 e. The summed E-state index contributed by atoms with van der Waals surface area (Å²) in [4.78, 5) is 0.620. The number of thiol groups is 1. The van der Waals surface area contributed by atoms with Gasteiger partial charge in [-0.2, -0.15) is 8.78 Å². The third kappa shape index (κ3) is 5.12. The molecule has 162 valence electrons. The van der Waals surface area contributed by atoms with E-state index < -0.39 is 6.11 Å². The van der Waals surface area contributed by atoms with Crippen molar-refractivity contribution in [1.82, 2.24) is 0 Å². The first-order valence-electron chi connectivity index (χ1n) is 10.9. The molecule has 3 aromatic carbocycles. The van der Waals surface area contributed by atoms with Gasteiger partial charge in [0.15, 0.2) is 0 Å². The van der Waals surface area contributed by atoms with Crippen LogP contribution in [0.1, 0.15) is 55.2 Å². The van der Waals surface area contributed by atoms with Crippen LogP contribution in [-0.2, 0) is 6.11 Å². The van der Waals surface area contributed by atoms with Gasteiger partial charge in [-0.05, 0) is 78.1 Å². The van der Waals surface area contributed by atoms with E-state index in [9.17, 15) is 8.78 Å². The van der Waals surface area contributed by atoms with Gasteiger partial charge in [-0.15, -0.1) is 12.6 Å². The molecule has 0 radical (unpaired) electrons. The Balaban J connectivity index is 1.46. The Morgan fingerprint density at radius 3 is 2.00 bits per heavy atom. The number of halogens is 2. The van der Waals surface area contributed by atoms with Gasteiger partial charge in [0.2, 0.25) is 0 Å². The molecular weight excluding hydrogens is 410 g/mol. The number of hydrogen-bond acceptors (Lipinski definition) is 2. The summed E-state index contributed by atoms with van der Waals surface area (Å²) < 4.78 is 34.3. The van der Waals surface area contributed by atoms with Crippen LogP contribution in [0, 0.1) is 12.8 Å². The van der Waals surface area contributed by atoms with Crippen LogP contribution in [0.4, 0.5) is 8.78 Å². The van der Waals surface area contributed by atoms with Crippen molar-refractivity contribution in [1.29, 1.82) is 0 Å². The molecule has 1 fully saturated rings. The predicted octanol–water partition coefficient (Wildman–Crippen LogP) is 8.37. The van der Waals surface area contributed by atoms with Gasteiger partial charge in [-0.1, -0.05) is 62.2 Å². The van der Waals surface area contributed by atoms with Crippen molar-refractivity contribution in [2.45, 2.75) is 56.5 Å². The SMILES string of the molecule is Cc1ccc(OC(F)(F)c2ccc(-c3ccc(C4CCC(C)CC4)cc3)cc2)cc1S. The largest absolute Gasteiger partial charge is 0.429 e. The molecule has 0 bridgehead atoms. The quantitative estimate of drug-likeness (QED) is 0.394. The lowest BCUT2D eigenvalue weighted by Gasteiger charge is -2.26. The second-order valence-electron chi connectivity index (χ2n) is 8.72. The first-order valence-corrected chi connectivity index (χ1v) is 11.3. The van der Waals surface area contributed by atoms with Crippen LogP contribution < -0.4 is 4.74 Å². The van der Waals surface area contributed by atoms with Gasteiger partial charge in [-0.3, -0.25) is 0 Å². The summed E-state index contributed by atoms with van der Waals surface area (Å²) in [5, 5.41) is 0. The molecule has 4 rings (SSSR count). The zero-order valence-electron chi connectivity index (χ0n) is 17.9. The lowest BCUT2D eigenvalue weighted by Crippen LogP contribution is -2.21. The fourth-order valence-electron chi connectivity index (χ4n) is 4.26. The van der Waals surface area contributed by atoms with E-state index in [1.54, 1.807) is 18.2 Å². The minimum atomic E-state index is -3.42. The molecule has 0 aliphatic heterocycles. The van der Waals surface area contributed by atoms with Crippen LogP contribution >= 0.6 is 12.6 Å². The van der Waals surface area contributed by atoms with Crippen LogP contribution in [0.5, 0.6) is 5.75 Å². The third-order valence-electron chi connectivity index (χ3n) is 6.38. The third-order valence-corrected chi connectivity index (χ3v) is 6.86. The Morgan fingerprint density at radius 2 is 1.42 bits per heavy atom. The molecule has 4 heteroatoms. The van der Waals surface area contributed by atoms with E-state index >= 15 is 0 Å². The fraction of sp³-hybridized carbons (Fsp3) is 0.333. The maximum Gasteiger partial charge on any atom is 0.426 e. The second-order valence-corrected chi connectivity index (χ2v) is 9.21. The maximum atomic E-state index is 14.6. The Labute approximate surface area is 188 Å². The van der Waals surface area contributed by atoms with Crippen molar-refractivity contribution >= 4 is 12.6 Å². The predicted molar refractivity (Wildman–Crippen MR) is 125 cm³/mol. The Kier molecular flexibility index (Phi) is 6.38. The molecule has 1 aliphatic rings. The molecule has 0 atom stereocenters. The summed E-state index contributed by atoms with van der Waals surface area (Å²) in [6.45, 7) is 4.20. The van der Waals surface area contributed by atoms with Crippen molar-refractivity contribution in [3.63, 3.8) is 0 Å². The highest BCUT2D eigenvalue weighted by Gasteiger charge is 2.34. The minimum absolute atomic E-state index is 0.0948. The Hall–Kier alpha value is -2.33. The zero-order chi connectivity index (χ0) is 22.0. The molecule has 0 unspecified atom stereocenters. The summed E-state index contributed by atoms with van der Waals surface area (Å²) in [5.74, 6) is 1.57. The summed E-state index contributed by atoms with van der Waals surface area (Å²) in [6, 6.07) is 19.6. The van der Waals surface area contributed by atoms with E-state index in [2.05, 4.69) is 43.8 Å². The molecule has 1 saturated carbocycles. The van der Waals surface area contributed by atoms with E-state index in [-0.39, 0.29) is 11.3 Å². The van der Waals surface area contributed by atoms with Crippen molar-refractivity contribution in [2.24, 2.45) is 5.92 Å². The first kappa shape index (κ1) is 21.9.